The summed E-state index contributed by atoms with van der Waals surface area (Å²) in [6.07, 6.45) is 0. The standard InChI is InChI=1S/C11H14BrF2NO/c1-3-15-9(6-16-2)10-8(13)5-4-7(12)11(10)14/h4-5,9,15H,3,6H2,1-2H3. The van der Waals surface area contributed by atoms with E-state index in [0.29, 0.717) is 6.54 Å². The van der Waals surface area contributed by atoms with Crippen molar-refractivity contribution in [2.75, 3.05) is 20.3 Å². The Hall–Kier alpha value is -0.520. The van der Waals surface area contributed by atoms with Crippen molar-refractivity contribution in [3.63, 3.8) is 0 Å². The van der Waals surface area contributed by atoms with Crippen molar-refractivity contribution in [1.29, 1.82) is 0 Å². The smallest absolute Gasteiger partial charge is 0.145 e. The Morgan fingerprint density at radius 3 is 2.69 bits per heavy atom. The van der Waals surface area contributed by atoms with Crippen LogP contribution in [0, 0.1) is 11.6 Å². The summed E-state index contributed by atoms with van der Waals surface area (Å²) in [4.78, 5) is 0. The van der Waals surface area contributed by atoms with Gasteiger partial charge in [0.2, 0.25) is 0 Å². The van der Waals surface area contributed by atoms with Crippen molar-refractivity contribution in [3.8, 4) is 0 Å². The van der Waals surface area contributed by atoms with Crippen LogP contribution in [-0.2, 0) is 4.74 Å². The molecule has 1 N–H and O–H groups in total. The molecular formula is C11H14BrF2NO. The van der Waals surface area contributed by atoms with Gasteiger partial charge in [0.15, 0.2) is 0 Å². The number of hydrogen-bond donors (Lipinski definition) is 1. The van der Waals surface area contributed by atoms with Crippen molar-refractivity contribution in [3.05, 3.63) is 33.8 Å². The molecule has 5 heteroatoms. The second-order valence-corrected chi connectivity index (χ2v) is 4.18. The molecule has 0 aromatic heterocycles. The van der Waals surface area contributed by atoms with E-state index in [1.165, 1.54) is 19.2 Å². The highest BCUT2D eigenvalue weighted by atomic mass is 79.9. The summed E-state index contributed by atoms with van der Waals surface area (Å²) in [5.74, 6) is -1.15. The second-order valence-electron chi connectivity index (χ2n) is 3.32. The van der Waals surface area contributed by atoms with Gasteiger partial charge < -0.3 is 10.1 Å². The number of rotatable bonds is 5. The highest BCUT2D eigenvalue weighted by Crippen LogP contribution is 2.26. The molecule has 0 heterocycles. The Morgan fingerprint density at radius 2 is 2.12 bits per heavy atom. The van der Waals surface area contributed by atoms with E-state index in [2.05, 4.69) is 21.2 Å². The van der Waals surface area contributed by atoms with Crippen molar-refractivity contribution >= 4 is 15.9 Å². The summed E-state index contributed by atoms with van der Waals surface area (Å²) in [5.41, 5.74) is 0.0121. The molecule has 90 valence electrons. The van der Waals surface area contributed by atoms with Crippen LogP contribution in [0.1, 0.15) is 18.5 Å². The largest absolute Gasteiger partial charge is 0.383 e. The predicted octanol–water partition coefficient (Wildman–Crippen LogP) is 3.02. The highest BCUT2D eigenvalue weighted by Gasteiger charge is 2.21. The number of benzene rings is 1. The monoisotopic (exact) mass is 293 g/mol. The van der Waals surface area contributed by atoms with Gasteiger partial charge in [-0.05, 0) is 34.6 Å². The Morgan fingerprint density at radius 1 is 1.44 bits per heavy atom. The van der Waals surface area contributed by atoms with Gasteiger partial charge in [-0.25, -0.2) is 8.78 Å². The van der Waals surface area contributed by atoms with Crippen LogP contribution in [0.3, 0.4) is 0 Å². The van der Waals surface area contributed by atoms with Crippen LogP contribution in [0.5, 0.6) is 0 Å². The molecule has 0 aliphatic rings. The van der Waals surface area contributed by atoms with Gasteiger partial charge in [0.25, 0.3) is 0 Å². The van der Waals surface area contributed by atoms with E-state index in [0.717, 1.165) is 0 Å². The van der Waals surface area contributed by atoms with E-state index < -0.39 is 17.7 Å². The molecule has 0 amide bonds. The molecule has 0 bridgehead atoms. The maximum atomic E-state index is 13.8. The first-order valence-electron chi connectivity index (χ1n) is 4.97. The van der Waals surface area contributed by atoms with Crippen LogP contribution >= 0.6 is 15.9 Å². The zero-order valence-electron chi connectivity index (χ0n) is 9.19. The van der Waals surface area contributed by atoms with E-state index in [1.54, 1.807) is 0 Å². The predicted molar refractivity (Wildman–Crippen MR) is 62.4 cm³/mol. The average molecular weight is 294 g/mol. The zero-order valence-corrected chi connectivity index (χ0v) is 10.8. The third-order valence-electron chi connectivity index (χ3n) is 2.21. The zero-order chi connectivity index (χ0) is 12.1. The first-order chi connectivity index (χ1) is 7.61. The van der Waals surface area contributed by atoms with Gasteiger partial charge >= 0.3 is 0 Å². The van der Waals surface area contributed by atoms with Gasteiger partial charge in [0.1, 0.15) is 11.6 Å². The molecule has 0 aliphatic carbocycles. The number of halogens is 3. The lowest BCUT2D eigenvalue weighted by molar-refractivity contribution is 0.164. The minimum atomic E-state index is -0.581. The molecule has 1 aromatic carbocycles. The number of ether oxygens (including phenoxy) is 1. The lowest BCUT2D eigenvalue weighted by Crippen LogP contribution is -2.27. The summed E-state index contributed by atoms with van der Waals surface area (Å²) in [6, 6.07) is 2.11. The Balaban J connectivity index is 3.11. The van der Waals surface area contributed by atoms with Crippen LogP contribution < -0.4 is 5.32 Å². The third-order valence-corrected chi connectivity index (χ3v) is 2.82. The van der Waals surface area contributed by atoms with Gasteiger partial charge in [-0.2, -0.15) is 0 Å². The number of hydrogen-bond acceptors (Lipinski definition) is 2. The number of methoxy groups -OCH3 is 1. The van der Waals surface area contributed by atoms with E-state index in [4.69, 9.17) is 4.74 Å². The van der Waals surface area contributed by atoms with Crippen LogP contribution in [0.2, 0.25) is 0 Å². The maximum absolute atomic E-state index is 13.8. The molecule has 2 nitrogen and oxygen atoms in total. The average Bonchev–Trinajstić information content (AvgIpc) is 2.25. The van der Waals surface area contributed by atoms with E-state index >= 15 is 0 Å². The van der Waals surface area contributed by atoms with Gasteiger partial charge in [0.05, 0.1) is 17.1 Å². The minimum Gasteiger partial charge on any atom is -0.383 e. The summed E-state index contributed by atoms with van der Waals surface area (Å²) in [7, 11) is 1.50. The van der Waals surface area contributed by atoms with Crippen molar-refractivity contribution in [1.82, 2.24) is 5.32 Å². The van der Waals surface area contributed by atoms with Gasteiger partial charge in [0, 0.05) is 12.7 Å². The third kappa shape index (κ3) is 2.99. The Bertz CT molecular complexity index is 354. The molecule has 16 heavy (non-hydrogen) atoms. The van der Waals surface area contributed by atoms with E-state index in [1.807, 2.05) is 6.92 Å². The fourth-order valence-electron chi connectivity index (χ4n) is 1.52. The molecule has 0 saturated heterocycles. The van der Waals surface area contributed by atoms with Gasteiger partial charge in [-0.3, -0.25) is 0 Å². The summed E-state index contributed by atoms with van der Waals surface area (Å²) in [6.45, 7) is 2.70. The SMILES string of the molecule is CCNC(COC)c1c(F)ccc(Br)c1F. The molecule has 0 spiro atoms. The summed E-state index contributed by atoms with van der Waals surface area (Å²) < 4.78 is 32.6. The molecule has 1 aromatic rings. The first-order valence-corrected chi connectivity index (χ1v) is 5.76. The Labute approximate surface area is 102 Å². The molecule has 0 radical (unpaired) electrons. The topological polar surface area (TPSA) is 21.3 Å². The Kier molecular flexibility index (Phi) is 5.31. The van der Waals surface area contributed by atoms with Crippen molar-refractivity contribution in [2.45, 2.75) is 13.0 Å². The lowest BCUT2D eigenvalue weighted by atomic mass is 10.1. The first kappa shape index (κ1) is 13.5. The molecular weight excluding hydrogens is 280 g/mol. The fraction of sp³-hybridized carbons (Fsp3) is 0.455. The van der Waals surface area contributed by atoms with Crippen LogP contribution in [0.4, 0.5) is 8.78 Å². The highest BCUT2D eigenvalue weighted by molar-refractivity contribution is 9.10. The quantitative estimate of drug-likeness (QED) is 0.843. The molecule has 0 fully saturated rings. The minimum absolute atomic E-state index is 0.0121. The fourth-order valence-corrected chi connectivity index (χ4v) is 1.87. The molecule has 0 aliphatic heterocycles. The summed E-state index contributed by atoms with van der Waals surface area (Å²) >= 11 is 3.04. The number of nitrogens with one attached hydrogen (secondary N) is 1. The van der Waals surface area contributed by atoms with Crippen molar-refractivity contribution in [2.24, 2.45) is 0 Å². The molecule has 0 saturated carbocycles. The van der Waals surface area contributed by atoms with Crippen LogP contribution in [-0.4, -0.2) is 20.3 Å². The van der Waals surface area contributed by atoms with Gasteiger partial charge in [-0.1, -0.05) is 6.92 Å². The van der Waals surface area contributed by atoms with Crippen LogP contribution in [0.15, 0.2) is 16.6 Å². The van der Waals surface area contributed by atoms with Gasteiger partial charge in [-0.15, -0.1) is 0 Å². The molecule has 1 unspecified atom stereocenters. The second kappa shape index (κ2) is 6.27. The molecule has 1 rings (SSSR count). The summed E-state index contributed by atoms with van der Waals surface area (Å²) in [5, 5.41) is 2.98. The molecule has 1 atom stereocenters. The normalized spacial score (nSPS) is 12.8. The number of likely N-dealkylation sites (N-methyl/N-ethyl adjacent to an activating group) is 1. The van der Waals surface area contributed by atoms with Crippen LogP contribution in [0.25, 0.3) is 0 Å². The van der Waals surface area contributed by atoms with Crippen molar-refractivity contribution < 1.29 is 13.5 Å². The lowest BCUT2D eigenvalue weighted by Gasteiger charge is -2.19. The van der Waals surface area contributed by atoms with E-state index in [9.17, 15) is 8.78 Å². The maximum Gasteiger partial charge on any atom is 0.145 e. The van der Waals surface area contributed by atoms with E-state index in [-0.39, 0.29) is 16.6 Å².